The van der Waals surface area contributed by atoms with E-state index in [4.69, 9.17) is 0 Å². The summed E-state index contributed by atoms with van der Waals surface area (Å²) < 4.78 is 13.5. The third-order valence-electron chi connectivity index (χ3n) is 3.34. The van der Waals surface area contributed by atoms with Crippen molar-refractivity contribution >= 4 is 23.5 Å². The Hall–Kier alpha value is -1.30. The summed E-state index contributed by atoms with van der Waals surface area (Å²) in [4.78, 5) is 18.5. The summed E-state index contributed by atoms with van der Waals surface area (Å²) in [6, 6.07) is 1.28. The molecule has 116 valence electrons. The first-order chi connectivity index (χ1) is 9.93. The number of anilines is 1. The minimum absolute atomic E-state index is 0.0334. The van der Waals surface area contributed by atoms with E-state index in [2.05, 4.69) is 24.1 Å². The van der Waals surface area contributed by atoms with Gasteiger partial charge in [0.05, 0.1) is 11.8 Å². The number of hydrogen-bond acceptors (Lipinski definition) is 4. The van der Waals surface area contributed by atoms with Crippen molar-refractivity contribution in [1.29, 1.82) is 0 Å². The van der Waals surface area contributed by atoms with Crippen molar-refractivity contribution < 1.29 is 9.18 Å². The number of amides is 1. The monoisotopic (exact) mass is 311 g/mol. The molecule has 0 radical (unpaired) electrons. The number of halogens is 1. The van der Waals surface area contributed by atoms with Gasteiger partial charge in [-0.15, -0.1) is 0 Å². The topological polar surface area (TPSA) is 45.2 Å². The SMILES string of the molecule is CCCNc1ncc(F)cc1C(=O)N1CCSC(C)(C)C1. The molecule has 0 unspecified atom stereocenters. The van der Waals surface area contributed by atoms with Gasteiger partial charge in [0.1, 0.15) is 11.6 Å². The van der Waals surface area contributed by atoms with Crippen molar-refractivity contribution in [3.05, 3.63) is 23.6 Å². The van der Waals surface area contributed by atoms with E-state index in [1.165, 1.54) is 6.07 Å². The molecule has 0 atom stereocenters. The maximum atomic E-state index is 13.5. The van der Waals surface area contributed by atoms with Crippen LogP contribution in [0.15, 0.2) is 12.3 Å². The Bertz CT molecular complexity index is 522. The van der Waals surface area contributed by atoms with E-state index in [-0.39, 0.29) is 10.7 Å². The Balaban J connectivity index is 2.23. The van der Waals surface area contributed by atoms with Crippen molar-refractivity contribution in [2.75, 3.05) is 30.7 Å². The lowest BCUT2D eigenvalue weighted by atomic mass is 10.1. The first-order valence-corrected chi connectivity index (χ1v) is 8.24. The molecule has 6 heteroatoms. The van der Waals surface area contributed by atoms with Crippen LogP contribution in [0.1, 0.15) is 37.6 Å². The highest BCUT2D eigenvalue weighted by Gasteiger charge is 2.31. The molecule has 1 aromatic heterocycles. The number of nitrogens with one attached hydrogen (secondary N) is 1. The maximum Gasteiger partial charge on any atom is 0.257 e. The molecule has 1 N–H and O–H groups in total. The van der Waals surface area contributed by atoms with Gasteiger partial charge in [-0.05, 0) is 26.3 Å². The molecule has 0 aromatic carbocycles. The first-order valence-electron chi connectivity index (χ1n) is 7.25. The van der Waals surface area contributed by atoms with Crippen LogP contribution in [0.5, 0.6) is 0 Å². The van der Waals surface area contributed by atoms with E-state index >= 15 is 0 Å². The summed E-state index contributed by atoms with van der Waals surface area (Å²) in [6.45, 7) is 8.34. The molecule has 0 bridgehead atoms. The second kappa shape index (κ2) is 6.64. The highest BCUT2D eigenvalue weighted by molar-refractivity contribution is 8.00. The third-order valence-corrected chi connectivity index (χ3v) is 4.64. The minimum Gasteiger partial charge on any atom is -0.369 e. The molecule has 1 fully saturated rings. The van der Waals surface area contributed by atoms with Crippen molar-refractivity contribution in [3.63, 3.8) is 0 Å². The fourth-order valence-electron chi connectivity index (χ4n) is 2.35. The fourth-order valence-corrected chi connectivity index (χ4v) is 3.46. The van der Waals surface area contributed by atoms with Gasteiger partial charge in [0.25, 0.3) is 5.91 Å². The largest absolute Gasteiger partial charge is 0.369 e. The molecule has 1 aliphatic rings. The van der Waals surface area contributed by atoms with Crippen LogP contribution < -0.4 is 5.32 Å². The molecule has 2 rings (SSSR count). The number of hydrogen-bond donors (Lipinski definition) is 1. The predicted octanol–water partition coefficient (Wildman–Crippen LogP) is 3.01. The summed E-state index contributed by atoms with van der Waals surface area (Å²) in [5.74, 6) is 0.749. The number of thioether (sulfide) groups is 1. The van der Waals surface area contributed by atoms with Crippen molar-refractivity contribution in [1.82, 2.24) is 9.88 Å². The van der Waals surface area contributed by atoms with E-state index < -0.39 is 5.82 Å². The summed E-state index contributed by atoms with van der Waals surface area (Å²) in [5.41, 5.74) is 0.325. The lowest BCUT2D eigenvalue weighted by Crippen LogP contribution is -2.46. The molecule has 4 nitrogen and oxygen atoms in total. The molecule has 21 heavy (non-hydrogen) atoms. The Morgan fingerprint density at radius 2 is 2.33 bits per heavy atom. The average Bonchev–Trinajstić information content (AvgIpc) is 2.44. The number of aromatic nitrogens is 1. The minimum atomic E-state index is -0.481. The Morgan fingerprint density at radius 1 is 1.57 bits per heavy atom. The molecule has 0 saturated carbocycles. The molecule has 0 aliphatic carbocycles. The van der Waals surface area contributed by atoms with Gasteiger partial charge in [0.2, 0.25) is 0 Å². The summed E-state index contributed by atoms with van der Waals surface area (Å²) >= 11 is 1.86. The van der Waals surface area contributed by atoms with Crippen LogP contribution in [0.4, 0.5) is 10.2 Å². The lowest BCUT2D eigenvalue weighted by Gasteiger charge is -2.37. The van der Waals surface area contributed by atoms with Gasteiger partial charge in [0, 0.05) is 30.1 Å². The number of nitrogens with zero attached hydrogens (tertiary/aromatic N) is 2. The van der Waals surface area contributed by atoms with Crippen LogP contribution in [0.25, 0.3) is 0 Å². The lowest BCUT2D eigenvalue weighted by molar-refractivity contribution is 0.0748. The van der Waals surface area contributed by atoms with Crippen LogP contribution in [-0.2, 0) is 0 Å². The fraction of sp³-hybridized carbons (Fsp3) is 0.600. The van der Waals surface area contributed by atoms with Gasteiger partial charge >= 0.3 is 0 Å². The van der Waals surface area contributed by atoms with Gasteiger partial charge in [-0.1, -0.05) is 6.92 Å². The molecular formula is C15H22FN3OS. The number of carbonyl (C=O) groups excluding carboxylic acids is 1. The molecule has 0 spiro atoms. The second-order valence-corrected chi connectivity index (χ2v) is 7.61. The van der Waals surface area contributed by atoms with Gasteiger partial charge in [0.15, 0.2) is 0 Å². The summed E-state index contributed by atoms with van der Waals surface area (Å²) in [7, 11) is 0. The van der Waals surface area contributed by atoms with E-state index in [0.717, 1.165) is 18.4 Å². The Labute approximate surface area is 129 Å². The second-order valence-electron chi connectivity index (χ2n) is 5.81. The van der Waals surface area contributed by atoms with Crippen LogP contribution in [0.2, 0.25) is 0 Å². The van der Waals surface area contributed by atoms with Gasteiger partial charge in [-0.25, -0.2) is 9.37 Å². The standard InChI is InChI=1S/C15H22FN3OS/c1-4-5-17-13-12(8-11(16)9-18-13)14(20)19-6-7-21-15(2,3)10-19/h8-9H,4-7,10H2,1-3H3,(H,17,18). The average molecular weight is 311 g/mol. The van der Waals surface area contributed by atoms with Crippen LogP contribution in [0, 0.1) is 5.82 Å². The highest BCUT2D eigenvalue weighted by atomic mass is 32.2. The first kappa shape index (κ1) is 16.1. The number of pyridine rings is 1. The number of carbonyl (C=O) groups is 1. The highest BCUT2D eigenvalue weighted by Crippen LogP contribution is 2.30. The van der Waals surface area contributed by atoms with Gasteiger partial charge in [-0.3, -0.25) is 4.79 Å². The Kier molecular flexibility index (Phi) is 5.08. The smallest absolute Gasteiger partial charge is 0.257 e. The zero-order valence-corrected chi connectivity index (χ0v) is 13.6. The molecule has 1 aliphatic heterocycles. The van der Waals surface area contributed by atoms with Crippen molar-refractivity contribution in [2.24, 2.45) is 0 Å². The molecular weight excluding hydrogens is 289 g/mol. The van der Waals surface area contributed by atoms with Gasteiger partial charge in [-0.2, -0.15) is 11.8 Å². The molecule has 1 saturated heterocycles. The normalized spacial score (nSPS) is 17.6. The third kappa shape index (κ3) is 4.09. The van der Waals surface area contributed by atoms with Crippen molar-refractivity contribution in [3.8, 4) is 0 Å². The zero-order valence-electron chi connectivity index (χ0n) is 12.8. The Morgan fingerprint density at radius 3 is 3.00 bits per heavy atom. The zero-order chi connectivity index (χ0) is 15.5. The maximum absolute atomic E-state index is 13.5. The van der Waals surface area contributed by atoms with Crippen LogP contribution in [0.3, 0.4) is 0 Å². The molecule has 1 amide bonds. The predicted molar refractivity (Wildman–Crippen MR) is 85.4 cm³/mol. The quantitative estimate of drug-likeness (QED) is 0.928. The van der Waals surface area contributed by atoms with Crippen LogP contribution in [-0.4, -0.2) is 45.9 Å². The molecule has 2 heterocycles. The van der Waals surface area contributed by atoms with E-state index in [1.54, 1.807) is 4.90 Å². The summed E-state index contributed by atoms with van der Waals surface area (Å²) in [6.07, 6.45) is 2.06. The van der Waals surface area contributed by atoms with Crippen LogP contribution >= 0.6 is 11.8 Å². The number of rotatable bonds is 4. The van der Waals surface area contributed by atoms with Gasteiger partial charge < -0.3 is 10.2 Å². The molecule has 1 aromatic rings. The van der Waals surface area contributed by atoms with E-state index in [0.29, 0.717) is 31.0 Å². The van der Waals surface area contributed by atoms with E-state index in [1.807, 2.05) is 18.7 Å². The summed E-state index contributed by atoms with van der Waals surface area (Å²) in [5, 5.41) is 3.10. The van der Waals surface area contributed by atoms with Crippen molar-refractivity contribution in [2.45, 2.75) is 31.9 Å². The van der Waals surface area contributed by atoms with E-state index in [9.17, 15) is 9.18 Å².